The average molecular weight is 292 g/mol. The number of hydrogen-bond acceptors (Lipinski definition) is 2. The van der Waals surface area contributed by atoms with E-state index in [2.05, 4.69) is 44.6 Å². The van der Waals surface area contributed by atoms with Gasteiger partial charge < -0.3 is 5.11 Å². The van der Waals surface area contributed by atoms with Crippen molar-refractivity contribution in [2.45, 2.75) is 84.3 Å². The fourth-order valence-electron chi connectivity index (χ4n) is 4.07. The molecular weight excluding hydrogens is 260 g/mol. The summed E-state index contributed by atoms with van der Waals surface area (Å²) < 4.78 is 2.09. The number of aromatic nitrogens is 2. The fraction of sp³-hybridized carbons (Fsp3) is 0.833. The Hall–Kier alpha value is -0.830. The van der Waals surface area contributed by atoms with Gasteiger partial charge in [-0.2, -0.15) is 5.10 Å². The van der Waals surface area contributed by atoms with Crippen LogP contribution >= 0.6 is 0 Å². The van der Waals surface area contributed by atoms with Crippen LogP contribution in [-0.4, -0.2) is 20.5 Å². The van der Waals surface area contributed by atoms with Gasteiger partial charge in [-0.3, -0.25) is 4.68 Å². The lowest BCUT2D eigenvalue weighted by molar-refractivity contribution is -0.0660. The van der Waals surface area contributed by atoms with Gasteiger partial charge in [0.05, 0.1) is 17.3 Å². The summed E-state index contributed by atoms with van der Waals surface area (Å²) in [6.07, 6.45) is 9.50. The van der Waals surface area contributed by atoms with Crippen LogP contribution in [0.5, 0.6) is 0 Å². The highest BCUT2D eigenvalue weighted by Crippen LogP contribution is 2.40. The van der Waals surface area contributed by atoms with Gasteiger partial charge in [0.1, 0.15) is 0 Å². The zero-order chi connectivity index (χ0) is 15.5. The Labute approximate surface area is 129 Å². The minimum atomic E-state index is -0.556. The molecule has 1 aliphatic rings. The van der Waals surface area contributed by atoms with Gasteiger partial charge in [-0.1, -0.05) is 40.5 Å². The molecule has 21 heavy (non-hydrogen) atoms. The first kappa shape index (κ1) is 16.5. The molecule has 0 amide bonds. The third-order valence-electron chi connectivity index (χ3n) is 5.34. The molecule has 1 aromatic rings. The van der Waals surface area contributed by atoms with Crippen molar-refractivity contribution in [1.82, 2.24) is 9.78 Å². The predicted octanol–water partition coefficient (Wildman–Crippen LogP) is 4.36. The van der Waals surface area contributed by atoms with Crippen molar-refractivity contribution >= 4 is 0 Å². The Balaban J connectivity index is 2.12. The zero-order valence-corrected chi connectivity index (χ0v) is 14.2. The molecule has 1 aliphatic carbocycles. The van der Waals surface area contributed by atoms with E-state index in [1.165, 1.54) is 6.42 Å². The van der Waals surface area contributed by atoms with E-state index in [-0.39, 0.29) is 0 Å². The highest BCUT2D eigenvalue weighted by Gasteiger charge is 2.40. The Morgan fingerprint density at radius 1 is 1.33 bits per heavy atom. The Morgan fingerprint density at radius 2 is 2.05 bits per heavy atom. The minimum Gasteiger partial charge on any atom is -0.389 e. The van der Waals surface area contributed by atoms with Gasteiger partial charge in [0.15, 0.2) is 0 Å². The lowest BCUT2D eigenvalue weighted by atomic mass is 9.68. The highest BCUT2D eigenvalue weighted by atomic mass is 16.3. The lowest BCUT2D eigenvalue weighted by Crippen LogP contribution is -2.45. The molecular formula is C18H32N2O. The Bertz CT molecular complexity index is 436. The monoisotopic (exact) mass is 292 g/mol. The molecule has 1 aromatic heterocycles. The van der Waals surface area contributed by atoms with Crippen LogP contribution < -0.4 is 0 Å². The second-order valence-electron chi connectivity index (χ2n) is 7.13. The third-order valence-corrected chi connectivity index (χ3v) is 5.34. The fourth-order valence-corrected chi connectivity index (χ4v) is 4.07. The summed E-state index contributed by atoms with van der Waals surface area (Å²) in [6, 6.07) is 2.59. The van der Waals surface area contributed by atoms with Crippen LogP contribution in [0.25, 0.3) is 0 Å². The number of rotatable bonds is 6. The minimum absolute atomic E-state index is 0.407. The van der Waals surface area contributed by atoms with Crippen LogP contribution in [-0.2, 0) is 6.42 Å². The van der Waals surface area contributed by atoms with E-state index < -0.39 is 5.60 Å². The van der Waals surface area contributed by atoms with Gasteiger partial charge in [-0.05, 0) is 43.6 Å². The first-order chi connectivity index (χ1) is 10.00. The standard InChI is InChI=1S/C18H32N2O/c1-5-16(6-2)20-12-10-15(19-20)13-18(21)11-8-7-9-17(18)14(3)4/h10,12,14,16-17,21H,5-9,11,13H2,1-4H3. The Morgan fingerprint density at radius 3 is 2.67 bits per heavy atom. The van der Waals surface area contributed by atoms with E-state index in [1.807, 2.05) is 0 Å². The van der Waals surface area contributed by atoms with Crippen LogP contribution in [0.15, 0.2) is 12.3 Å². The van der Waals surface area contributed by atoms with Crippen LogP contribution in [0.2, 0.25) is 0 Å². The molecule has 1 saturated carbocycles. The smallest absolute Gasteiger partial charge is 0.0734 e. The topological polar surface area (TPSA) is 38.0 Å². The number of aliphatic hydroxyl groups is 1. The molecule has 0 aliphatic heterocycles. The van der Waals surface area contributed by atoms with Crippen LogP contribution in [0, 0.1) is 11.8 Å². The van der Waals surface area contributed by atoms with Gasteiger partial charge in [0, 0.05) is 12.6 Å². The van der Waals surface area contributed by atoms with Crippen molar-refractivity contribution in [3.05, 3.63) is 18.0 Å². The van der Waals surface area contributed by atoms with Crippen molar-refractivity contribution < 1.29 is 5.11 Å². The maximum absolute atomic E-state index is 11.2. The van der Waals surface area contributed by atoms with E-state index in [4.69, 9.17) is 5.10 Å². The number of hydrogen-bond donors (Lipinski definition) is 1. The molecule has 120 valence electrons. The summed E-state index contributed by atoms with van der Waals surface area (Å²) in [6.45, 7) is 8.89. The molecule has 1 heterocycles. The number of nitrogens with zero attached hydrogens (tertiary/aromatic N) is 2. The van der Waals surface area contributed by atoms with E-state index in [9.17, 15) is 5.11 Å². The largest absolute Gasteiger partial charge is 0.389 e. The molecule has 0 spiro atoms. The van der Waals surface area contributed by atoms with Gasteiger partial charge in [-0.25, -0.2) is 0 Å². The van der Waals surface area contributed by atoms with E-state index >= 15 is 0 Å². The summed E-state index contributed by atoms with van der Waals surface area (Å²) in [5, 5.41) is 15.9. The molecule has 0 aromatic carbocycles. The molecule has 2 rings (SSSR count). The van der Waals surface area contributed by atoms with E-state index in [0.29, 0.717) is 24.3 Å². The molecule has 3 heteroatoms. The summed E-state index contributed by atoms with van der Waals surface area (Å²) in [7, 11) is 0. The van der Waals surface area contributed by atoms with Crippen LogP contribution in [0.3, 0.4) is 0 Å². The molecule has 3 nitrogen and oxygen atoms in total. The maximum Gasteiger partial charge on any atom is 0.0734 e. The molecule has 2 atom stereocenters. The summed E-state index contributed by atoms with van der Waals surface area (Å²) in [5.74, 6) is 0.945. The summed E-state index contributed by atoms with van der Waals surface area (Å²) in [4.78, 5) is 0. The second-order valence-corrected chi connectivity index (χ2v) is 7.13. The summed E-state index contributed by atoms with van der Waals surface area (Å²) >= 11 is 0. The first-order valence-electron chi connectivity index (χ1n) is 8.76. The molecule has 1 fully saturated rings. The van der Waals surface area contributed by atoms with E-state index in [0.717, 1.165) is 37.8 Å². The van der Waals surface area contributed by atoms with Crippen molar-refractivity contribution in [3.8, 4) is 0 Å². The van der Waals surface area contributed by atoms with Gasteiger partial charge >= 0.3 is 0 Å². The molecule has 0 bridgehead atoms. The first-order valence-corrected chi connectivity index (χ1v) is 8.76. The van der Waals surface area contributed by atoms with Gasteiger partial charge in [-0.15, -0.1) is 0 Å². The maximum atomic E-state index is 11.2. The zero-order valence-electron chi connectivity index (χ0n) is 14.2. The highest BCUT2D eigenvalue weighted by molar-refractivity contribution is 5.07. The second kappa shape index (κ2) is 6.95. The average Bonchev–Trinajstić information content (AvgIpc) is 2.88. The van der Waals surface area contributed by atoms with E-state index in [1.54, 1.807) is 0 Å². The quantitative estimate of drug-likeness (QED) is 0.845. The third kappa shape index (κ3) is 3.68. The molecule has 1 N–H and O–H groups in total. The van der Waals surface area contributed by atoms with Crippen molar-refractivity contribution in [2.75, 3.05) is 0 Å². The normalized spacial score (nSPS) is 26.7. The predicted molar refractivity (Wildman–Crippen MR) is 87.3 cm³/mol. The Kier molecular flexibility index (Phi) is 5.48. The van der Waals surface area contributed by atoms with Gasteiger partial charge in [0.2, 0.25) is 0 Å². The molecule has 2 unspecified atom stereocenters. The molecule has 0 radical (unpaired) electrons. The van der Waals surface area contributed by atoms with Crippen molar-refractivity contribution in [3.63, 3.8) is 0 Å². The lowest BCUT2D eigenvalue weighted by Gasteiger charge is -2.42. The molecule has 0 saturated heterocycles. The SMILES string of the molecule is CCC(CC)n1ccc(CC2(O)CCCCC2C(C)C)n1. The van der Waals surface area contributed by atoms with Crippen LogP contribution in [0.1, 0.15) is 78.0 Å². The van der Waals surface area contributed by atoms with Crippen molar-refractivity contribution in [1.29, 1.82) is 0 Å². The van der Waals surface area contributed by atoms with Gasteiger partial charge in [0.25, 0.3) is 0 Å². The van der Waals surface area contributed by atoms with Crippen LogP contribution in [0.4, 0.5) is 0 Å². The van der Waals surface area contributed by atoms with Crippen molar-refractivity contribution in [2.24, 2.45) is 11.8 Å². The summed E-state index contributed by atoms with van der Waals surface area (Å²) in [5.41, 5.74) is 0.497.